The predicted molar refractivity (Wildman–Crippen MR) is 176 cm³/mol. The van der Waals surface area contributed by atoms with Crippen molar-refractivity contribution in [3.8, 4) is 35.5 Å². The van der Waals surface area contributed by atoms with Gasteiger partial charge in [-0.3, -0.25) is 4.90 Å². The van der Waals surface area contributed by atoms with Crippen molar-refractivity contribution in [2.75, 3.05) is 44.2 Å². The number of hydrogen-bond donors (Lipinski definition) is 1. The van der Waals surface area contributed by atoms with Crippen molar-refractivity contribution in [3.63, 3.8) is 0 Å². The maximum atomic E-state index is 17.0. The molecular weight excluding hydrogens is 586 g/mol. The van der Waals surface area contributed by atoms with E-state index in [-0.39, 0.29) is 46.3 Å². The van der Waals surface area contributed by atoms with Gasteiger partial charge in [-0.05, 0) is 56.6 Å². The molecule has 3 saturated heterocycles. The van der Waals surface area contributed by atoms with Crippen LogP contribution in [0.4, 0.5) is 14.6 Å². The van der Waals surface area contributed by atoms with Crippen LogP contribution in [0.2, 0.25) is 0 Å². The van der Waals surface area contributed by atoms with E-state index in [0.717, 1.165) is 45.3 Å². The van der Waals surface area contributed by atoms with Crippen LogP contribution in [0.25, 0.3) is 32.9 Å². The summed E-state index contributed by atoms with van der Waals surface area (Å²) < 4.78 is 44.9. The molecule has 2 aromatic carbocycles. The van der Waals surface area contributed by atoms with Gasteiger partial charge in [0.25, 0.3) is 0 Å². The Balaban J connectivity index is 0.00000166. The van der Waals surface area contributed by atoms with Crippen molar-refractivity contribution < 1.29 is 18.3 Å². The molecule has 3 fully saturated rings. The lowest BCUT2D eigenvalue weighted by atomic mass is 9.95. The summed E-state index contributed by atoms with van der Waals surface area (Å²) >= 11 is 0. The van der Waals surface area contributed by atoms with Gasteiger partial charge in [0.05, 0.1) is 17.1 Å². The maximum Gasteiger partial charge on any atom is 0.319 e. The first-order valence-electron chi connectivity index (χ1n) is 16.6. The zero-order valence-electron chi connectivity index (χ0n) is 26.7. The Morgan fingerprint density at radius 2 is 1.87 bits per heavy atom. The summed E-state index contributed by atoms with van der Waals surface area (Å²) in [5.74, 6) is 2.09. The van der Waals surface area contributed by atoms with E-state index < -0.39 is 11.6 Å². The van der Waals surface area contributed by atoms with Crippen LogP contribution >= 0.6 is 0 Å². The molecule has 8 nitrogen and oxygen atoms in total. The van der Waals surface area contributed by atoms with Gasteiger partial charge in [-0.2, -0.15) is 9.97 Å². The molecule has 2 atom stereocenters. The fourth-order valence-corrected chi connectivity index (χ4v) is 7.89. The molecule has 1 N–H and O–H groups in total. The molecule has 0 amide bonds. The van der Waals surface area contributed by atoms with Gasteiger partial charge < -0.3 is 19.7 Å². The van der Waals surface area contributed by atoms with E-state index in [0.29, 0.717) is 53.7 Å². The summed E-state index contributed by atoms with van der Waals surface area (Å²) in [6.45, 7) is 10.8. The summed E-state index contributed by atoms with van der Waals surface area (Å²) in [5.41, 5.74) is 0.485. The number of piperazine rings is 1. The number of hydrogen-bond acceptors (Lipinski definition) is 8. The number of halogens is 2. The minimum absolute atomic E-state index is 0.00000437. The molecule has 2 unspecified atom stereocenters. The van der Waals surface area contributed by atoms with E-state index in [1.165, 1.54) is 6.07 Å². The number of nitrogens with one attached hydrogen (secondary N) is 1. The summed E-state index contributed by atoms with van der Waals surface area (Å²) in [6, 6.07) is 8.39. The average molecular weight is 627 g/mol. The molecule has 4 aliphatic heterocycles. The number of rotatable bonds is 5. The number of aromatic nitrogens is 3. The first-order chi connectivity index (χ1) is 22.5. The van der Waals surface area contributed by atoms with E-state index in [1.807, 2.05) is 19.9 Å². The second-order valence-corrected chi connectivity index (χ2v) is 12.3. The number of nitrogens with zero attached hydrogens (tertiary/aromatic N) is 5. The van der Waals surface area contributed by atoms with Crippen molar-refractivity contribution in [1.82, 2.24) is 25.2 Å². The number of fused-ring (bicyclic) bond motifs is 4. The Bertz CT molecular complexity index is 1830. The molecule has 0 bridgehead atoms. The van der Waals surface area contributed by atoms with Gasteiger partial charge in [0.1, 0.15) is 40.9 Å². The molecule has 10 heteroatoms. The zero-order valence-corrected chi connectivity index (χ0v) is 26.7. The van der Waals surface area contributed by atoms with E-state index in [9.17, 15) is 4.39 Å². The van der Waals surface area contributed by atoms with Gasteiger partial charge in [-0.1, -0.05) is 51.0 Å². The van der Waals surface area contributed by atoms with Gasteiger partial charge >= 0.3 is 6.01 Å². The highest BCUT2D eigenvalue weighted by Crippen LogP contribution is 2.44. The first kappa shape index (κ1) is 30.6. The molecule has 240 valence electrons. The first-order valence-corrected chi connectivity index (χ1v) is 16.6. The standard InChI is InChI=1S/C34H34F2N6O2.C2H6/c1-3-21-23(35)11-10-20-8-5-9-22(26(20)21)29-28(36)30-27-31(42-17-14-37-18-24(42)25(4-2)44-32(27)38-29)40-33(39-30)43-19-34-12-6-15-41(34)16-7-13-34;1-2/h1,5,8-11,24-25,37H,4,6-7,12-19H2,2H3;1-2H3. The van der Waals surface area contributed by atoms with Crippen molar-refractivity contribution in [1.29, 1.82) is 0 Å². The second-order valence-electron chi connectivity index (χ2n) is 12.3. The molecular formula is C36H40F2N6O2. The maximum absolute atomic E-state index is 17.0. The van der Waals surface area contributed by atoms with E-state index >= 15 is 4.39 Å². The summed E-state index contributed by atoms with van der Waals surface area (Å²) in [6.07, 6.45) is 10.7. The Morgan fingerprint density at radius 3 is 2.63 bits per heavy atom. The molecule has 8 rings (SSSR count). The largest absolute Gasteiger partial charge is 0.472 e. The van der Waals surface area contributed by atoms with Crippen LogP contribution < -0.4 is 19.7 Å². The van der Waals surface area contributed by atoms with Crippen molar-refractivity contribution >= 4 is 27.5 Å². The monoisotopic (exact) mass is 626 g/mol. The van der Waals surface area contributed by atoms with Crippen molar-refractivity contribution in [2.45, 2.75) is 70.6 Å². The molecule has 2 aromatic heterocycles. The Labute approximate surface area is 268 Å². The number of terminal acetylenes is 1. The molecule has 0 saturated carbocycles. The van der Waals surface area contributed by atoms with E-state index in [4.69, 9.17) is 30.8 Å². The SMILES string of the molecule is C#Cc1c(F)ccc2cccc(-c3nc4c5c(nc(OCC67CCCN6CCC7)nc5c3F)N3CCNCC3C(CC)O4)c12.CC. The minimum atomic E-state index is -0.649. The summed E-state index contributed by atoms with van der Waals surface area (Å²) in [4.78, 5) is 19.1. The highest BCUT2D eigenvalue weighted by atomic mass is 19.1. The number of benzene rings is 2. The van der Waals surface area contributed by atoms with Crippen LogP contribution in [0.1, 0.15) is 58.4 Å². The average Bonchev–Trinajstić information content (AvgIpc) is 3.65. The summed E-state index contributed by atoms with van der Waals surface area (Å²) in [5, 5.41) is 5.00. The Morgan fingerprint density at radius 1 is 1.07 bits per heavy atom. The molecule has 4 aromatic rings. The molecule has 6 heterocycles. The number of anilines is 1. The predicted octanol–water partition coefficient (Wildman–Crippen LogP) is 6.09. The fourth-order valence-electron chi connectivity index (χ4n) is 7.89. The molecule has 0 radical (unpaired) electrons. The molecule has 46 heavy (non-hydrogen) atoms. The van der Waals surface area contributed by atoms with Crippen LogP contribution in [0.3, 0.4) is 0 Å². The smallest absolute Gasteiger partial charge is 0.319 e. The lowest BCUT2D eigenvalue weighted by Crippen LogP contribution is -2.57. The zero-order chi connectivity index (χ0) is 32.0. The topological polar surface area (TPSA) is 75.6 Å². The van der Waals surface area contributed by atoms with Crippen LogP contribution in [0, 0.1) is 24.0 Å². The Kier molecular flexibility index (Phi) is 8.16. The minimum Gasteiger partial charge on any atom is -0.472 e. The van der Waals surface area contributed by atoms with Crippen LogP contribution in [-0.2, 0) is 0 Å². The normalized spacial score (nSPS) is 21.5. The highest BCUT2D eigenvalue weighted by molar-refractivity contribution is 6.03. The third-order valence-corrected chi connectivity index (χ3v) is 10.0. The van der Waals surface area contributed by atoms with Crippen molar-refractivity contribution in [2.24, 2.45) is 0 Å². The van der Waals surface area contributed by atoms with Gasteiger partial charge in [0, 0.05) is 30.6 Å². The van der Waals surface area contributed by atoms with Gasteiger partial charge in [-0.25, -0.2) is 13.8 Å². The van der Waals surface area contributed by atoms with Crippen LogP contribution in [0.15, 0.2) is 30.3 Å². The highest BCUT2D eigenvalue weighted by Gasteiger charge is 2.45. The number of pyridine rings is 1. The second kappa shape index (κ2) is 12.3. The number of ether oxygens (including phenoxy) is 2. The molecule has 0 aliphatic carbocycles. The van der Waals surface area contributed by atoms with Crippen LogP contribution in [0.5, 0.6) is 11.9 Å². The van der Waals surface area contributed by atoms with E-state index in [1.54, 1.807) is 18.2 Å². The quantitative estimate of drug-likeness (QED) is 0.267. The lowest BCUT2D eigenvalue weighted by molar-refractivity contribution is 0.108. The lowest BCUT2D eigenvalue weighted by Gasteiger charge is -2.39. The molecule has 0 spiro atoms. The summed E-state index contributed by atoms with van der Waals surface area (Å²) in [7, 11) is 0. The van der Waals surface area contributed by atoms with Gasteiger partial charge in [0.2, 0.25) is 5.88 Å². The Hall–Kier alpha value is -4.07. The van der Waals surface area contributed by atoms with E-state index in [2.05, 4.69) is 28.0 Å². The van der Waals surface area contributed by atoms with Crippen LogP contribution in [-0.4, -0.2) is 76.9 Å². The van der Waals surface area contributed by atoms with Gasteiger partial charge in [-0.15, -0.1) is 6.42 Å². The fraction of sp³-hybridized carbons (Fsp3) is 0.472. The third-order valence-electron chi connectivity index (χ3n) is 10.0. The van der Waals surface area contributed by atoms with Gasteiger partial charge in [0.15, 0.2) is 5.82 Å². The van der Waals surface area contributed by atoms with Crippen molar-refractivity contribution in [3.05, 3.63) is 47.5 Å². The molecule has 4 aliphatic rings. The third kappa shape index (κ3) is 4.83.